The molecule has 0 aromatic heterocycles. The van der Waals surface area contributed by atoms with Gasteiger partial charge in [0.1, 0.15) is 0 Å². The van der Waals surface area contributed by atoms with Crippen molar-refractivity contribution in [1.29, 1.82) is 0 Å². The van der Waals surface area contributed by atoms with Crippen molar-refractivity contribution in [2.24, 2.45) is 5.92 Å². The summed E-state index contributed by atoms with van der Waals surface area (Å²) in [5, 5.41) is 2.83. The first kappa shape index (κ1) is 19.4. The van der Waals surface area contributed by atoms with Gasteiger partial charge in [-0.1, -0.05) is 30.3 Å². The summed E-state index contributed by atoms with van der Waals surface area (Å²) in [6, 6.07) is 12.0. The first-order chi connectivity index (χ1) is 12.9. The highest BCUT2D eigenvalue weighted by Crippen LogP contribution is 2.27. The van der Waals surface area contributed by atoms with Crippen LogP contribution in [0, 0.1) is 17.6 Å². The highest BCUT2D eigenvalue weighted by atomic mass is 32.2. The van der Waals surface area contributed by atoms with Gasteiger partial charge in [0.25, 0.3) is 0 Å². The minimum Gasteiger partial charge on any atom is -0.352 e. The summed E-state index contributed by atoms with van der Waals surface area (Å²) in [4.78, 5) is 11.8. The average Bonchev–Trinajstić information content (AvgIpc) is 3.12. The third-order valence-electron chi connectivity index (χ3n) is 4.58. The van der Waals surface area contributed by atoms with E-state index in [2.05, 4.69) is 5.32 Å². The summed E-state index contributed by atoms with van der Waals surface area (Å²) < 4.78 is 52.8. The molecule has 0 saturated carbocycles. The van der Waals surface area contributed by atoms with Crippen molar-refractivity contribution in [3.63, 3.8) is 0 Å². The van der Waals surface area contributed by atoms with Crippen LogP contribution in [0.25, 0.3) is 0 Å². The first-order valence-electron chi connectivity index (χ1n) is 8.62. The lowest BCUT2D eigenvalue weighted by Gasteiger charge is -2.17. The lowest BCUT2D eigenvalue weighted by atomic mass is 10.0. The molecule has 5 nitrogen and oxygen atoms in total. The minimum absolute atomic E-state index is 0.110. The molecule has 0 spiro atoms. The Morgan fingerprint density at radius 2 is 1.85 bits per heavy atom. The van der Waals surface area contributed by atoms with Crippen LogP contribution in [0.2, 0.25) is 0 Å². The first-order valence-corrected chi connectivity index (χ1v) is 10.1. The van der Waals surface area contributed by atoms with E-state index in [0.29, 0.717) is 19.0 Å². The van der Waals surface area contributed by atoms with Gasteiger partial charge in [-0.15, -0.1) is 0 Å². The van der Waals surface area contributed by atoms with Crippen LogP contribution in [0.5, 0.6) is 0 Å². The standard InChI is InChI=1S/C19H20F2N2O3S/c20-17-7-6-16(11-18(17)21)27(25,26)23-9-8-15(13-23)10-19(24)22-12-14-4-2-1-3-5-14/h1-7,11,15H,8-10,12-13H2,(H,22,24). The number of hydrogen-bond donors (Lipinski definition) is 1. The maximum absolute atomic E-state index is 13.4. The van der Waals surface area contributed by atoms with E-state index in [-0.39, 0.29) is 36.2 Å². The van der Waals surface area contributed by atoms with E-state index in [4.69, 9.17) is 0 Å². The molecular formula is C19H20F2N2O3S. The molecule has 1 N–H and O–H groups in total. The fourth-order valence-electron chi connectivity index (χ4n) is 3.10. The minimum atomic E-state index is -3.91. The second-order valence-electron chi connectivity index (χ2n) is 6.56. The van der Waals surface area contributed by atoms with Crippen molar-refractivity contribution < 1.29 is 22.0 Å². The molecule has 144 valence electrons. The molecule has 8 heteroatoms. The number of nitrogens with one attached hydrogen (secondary N) is 1. The fraction of sp³-hybridized carbons (Fsp3) is 0.316. The molecule has 1 amide bonds. The zero-order chi connectivity index (χ0) is 19.4. The third-order valence-corrected chi connectivity index (χ3v) is 6.45. The van der Waals surface area contributed by atoms with Gasteiger partial charge in [0.05, 0.1) is 4.90 Å². The summed E-state index contributed by atoms with van der Waals surface area (Å²) >= 11 is 0. The molecule has 27 heavy (non-hydrogen) atoms. The van der Waals surface area contributed by atoms with Gasteiger partial charge in [-0.2, -0.15) is 4.31 Å². The zero-order valence-electron chi connectivity index (χ0n) is 14.6. The van der Waals surface area contributed by atoms with Crippen LogP contribution in [0.15, 0.2) is 53.4 Å². The Balaban J connectivity index is 1.56. The summed E-state index contributed by atoms with van der Waals surface area (Å²) in [6.07, 6.45) is 0.762. The van der Waals surface area contributed by atoms with Gasteiger partial charge in [0.2, 0.25) is 15.9 Å². The van der Waals surface area contributed by atoms with E-state index < -0.39 is 21.7 Å². The smallest absolute Gasteiger partial charge is 0.243 e. The molecule has 0 bridgehead atoms. The fourth-order valence-corrected chi connectivity index (χ4v) is 4.64. The van der Waals surface area contributed by atoms with Crippen molar-refractivity contribution in [3.05, 3.63) is 65.7 Å². The molecule has 1 aliphatic heterocycles. The summed E-state index contributed by atoms with van der Waals surface area (Å²) in [6.45, 7) is 0.849. The molecule has 1 aliphatic rings. The summed E-state index contributed by atoms with van der Waals surface area (Å²) in [7, 11) is -3.91. The van der Waals surface area contributed by atoms with E-state index in [1.165, 1.54) is 4.31 Å². The number of halogens is 2. The van der Waals surface area contributed by atoms with Crippen molar-refractivity contribution >= 4 is 15.9 Å². The number of nitrogens with zero attached hydrogens (tertiary/aromatic N) is 1. The highest BCUT2D eigenvalue weighted by molar-refractivity contribution is 7.89. The number of hydrogen-bond acceptors (Lipinski definition) is 3. The Hall–Kier alpha value is -2.32. The van der Waals surface area contributed by atoms with Gasteiger partial charge in [-0.25, -0.2) is 17.2 Å². The normalized spacial score (nSPS) is 17.8. The van der Waals surface area contributed by atoms with E-state index in [9.17, 15) is 22.0 Å². The van der Waals surface area contributed by atoms with Crippen molar-refractivity contribution in [2.75, 3.05) is 13.1 Å². The molecule has 2 aromatic carbocycles. The maximum Gasteiger partial charge on any atom is 0.243 e. The number of benzene rings is 2. The molecule has 1 heterocycles. The van der Waals surface area contributed by atoms with Crippen LogP contribution >= 0.6 is 0 Å². The monoisotopic (exact) mass is 394 g/mol. The average molecular weight is 394 g/mol. The van der Waals surface area contributed by atoms with Gasteiger partial charge in [-0.3, -0.25) is 4.79 Å². The molecule has 1 fully saturated rings. The molecule has 0 radical (unpaired) electrons. The number of amides is 1. The van der Waals surface area contributed by atoms with Crippen LogP contribution in [0.3, 0.4) is 0 Å². The van der Waals surface area contributed by atoms with Gasteiger partial charge < -0.3 is 5.32 Å². The maximum atomic E-state index is 13.4. The molecule has 0 aliphatic carbocycles. The summed E-state index contributed by atoms with van der Waals surface area (Å²) in [5.74, 6) is -2.55. The topological polar surface area (TPSA) is 66.5 Å². The summed E-state index contributed by atoms with van der Waals surface area (Å²) in [5.41, 5.74) is 0.986. The van der Waals surface area contributed by atoms with Crippen LogP contribution in [-0.4, -0.2) is 31.7 Å². The number of carbonyl (C=O) groups is 1. The number of carbonyl (C=O) groups excluding carboxylic acids is 1. The Kier molecular flexibility index (Phi) is 5.86. The predicted octanol–water partition coefficient (Wildman–Crippen LogP) is 2.68. The molecule has 1 atom stereocenters. The van der Waals surface area contributed by atoms with Gasteiger partial charge in [0, 0.05) is 26.1 Å². The van der Waals surface area contributed by atoms with Gasteiger partial charge in [0.15, 0.2) is 11.6 Å². The zero-order valence-corrected chi connectivity index (χ0v) is 15.4. The molecule has 3 rings (SSSR count). The number of sulfonamides is 1. The van der Waals surface area contributed by atoms with Crippen LogP contribution < -0.4 is 5.32 Å². The quantitative estimate of drug-likeness (QED) is 0.819. The Bertz CT molecular complexity index is 920. The highest BCUT2D eigenvalue weighted by Gasteiger charge is 2.33. The van der Waals surface area contributed by atoms with Gasteiger partial charge >= 0.3 is 0 Å². The second kappa shape index (κ2) is 8.14. The lowest BCUT2D eigenvalue weighted by Crippen LogP contribution is -2.30. The van der Waals surface area contributed by atoms with E-state index in [1.54, 1.807) is 0 Å². The van der Waals surface area contributed by atoms with E-state index in [0.717, 1.165) is 17.7 Å². The third kappa shape index (κ3) is 4.70. The van der Waals surface area contributed by atoms with Crippen molar-refractivity contribution in [2.45, 2.75) is 24.3 Å². The lowest BCUT2D eigenvalue weighted by molar-refractivity contribution is -0.122. The van der Waals surface area contributed by atoms with Crippen molar-refractivity contribution in [3.8, 4) is 0 Å². The van der Waals surface area contributed by atoms with Crippen LogP contribution in [0.1, 0.15) is 18.4 Å². The van der Waals surface area contributed by atoms with Crippen molar-refractivity contribution in [1.82, 2.24) is 9.62 Å². The Labute approximate surface area is 157 Å². The molecule has 1 unspecified atom stereocenters. The largest absolute Gasteiger partial charge is 0.352 e. The van der Waals surface area contributed by atoms with Gasteiger partial charge in [-0.05, 0) is 36.1 Å². The Morgan fingerprint density at radius 3 is 2.56 bits per heavy atom. The molecule has 2 aromatic rings. The Morgan fingerprint density at radius 1 is 1.11 bits per heavy atom. The predicted molar refractivity (Wildman–Crippen MR) is 96.1 cm³/mol. The van der Waals surface area contributed by atoms with Crippen LogP contribution in [-0.2, 0) is 21.4 Å². The van der Waals surface area contributed by atoms with E-state index >= 15 is 0 Å². The molecular weight excluding hydrogens is 374 g/mol. The SMILES string of the molecule is O=C(CC1CCN(S(=O)(=O)c2ccc(F)c(F)c2)C1)NCc1ccccc1. The van der Waals surface area contributed by atoms with Crippen LogP contribution in [0.4, 0.5) is 8.78 Å². The van der Waals surface area contributed by atoms with E-state index in [1.807, 2.05) is 30.3 Å². The second-order valence-corrected chi connectivity index (χ2v) is 8.50. The molecule has 1 saturated heterocycles. The number of rotatable bonds is 6.